The standard InChI is InChI=1S/C22H27N5O3/c1-14-11-19(25(4)23-14)22(28)26-9-10-30-13-20(26)21-15(2)24-27(16(21)3)17-7-6-8-18(12-17)29-5/h6-8,11-12,20H,9-10,13H2,1-5H3/t20-/m0/s1. The average molecular weight is 409 g/mol. The lowest BCUT2D eigenvalue weighted by Crippen LogP contribution is -2.44. The van der Waals surface area contributed by atoms with E-state index in [1.807, 2.05) is 60.7 Å². The first-order valence-electron chi connectivity index (χ1n) is 10.0. The predicted molar refractivity (Wildman–Crippen MR) is 112 cm³/mol. The van der Waals surface area contributed by atoms with Crippen LogP contribution < -0.4 is 4.74 Å². The molecule has 8 heteroatoms. The monoisotopic (exact) mass is 409 g/mol. The van der Waals surface area contributed by atoms with Crippen LogP contribution in [0, 0.1) is 20.8 Å². The molecule has 8 nitrogen and oxygen atoms in total. The number of amides is 1. The van der Waals surface area contributed by atoms with Gasteiger partial charge >= 0.3 is 0 Å². The zero-order valence-corrected chi connectivity index (χ0v) is 18.0. The highest BCUT2D eigenvalue weighted by molar-refractivity contribution is 5.93. The van der Waals surface area contributed by atoms with E-state index in [0.29, 0.717) is 25.5 Å². The largest absolute Gasteiger partial charge is 0.497 e. The molecule has 1 fully saturated rings. The maximum atomic E-state index is 13.4. The van der Waals surface area contributed by atoms with E-state index in [-0.39, 0.29) is 11.9 Å². The van der Waals surface area contributed by atoms with Gasteiger partial charge in [0.25, 0.3) is 5.91 Å². The summed E-state index contributed by atoms with van der Waals surface area (Å²) in [7, 11) is 3.45. The molecule has 0 saturated carbocycles. The van der Waals surface area contributed by atoms with Crippen molar-refractivity contribution >= 4 is 5.91 Å². The molecule has 0 radical (unpaired) electrons. The molecule has 0 unspecified atom stereocenters. The first-order valence-corrected chi connectivity index (χ1v) is 10.0. The Hall–Kier alpha value is -3.13. The summed E-state index contributed by atoms with van der Waals surface area (Å²) in [6, 6.07) is 9.40. The summed E-state index contributed by atoms with van der Waals surface area (Å²) < 4.78 is 14.7. The van der Waals surface area contributed by atoms with Gasteiger partial charge in [-0.3, -0.25) is 9.48 Å². The quantitative estimate of drug-likeness (QED) is 0.662. The normalized spacial score (nSPS) is 16.7. The number of hydrogen-bond donors (Lipinski definition) is 0. The Morgan fingerprint density at radius 2 is 2.00 bits per heavy atom. The van der Waals surface area contributed by atoms with Gasteiger partial charge in [0.15, 0.2) is 0 Å². The molecule has 1 saturated heterocycles. The third-order valence-corrected chi connectivity index (χ3v) is 5.59. The number of aromatic nitrogens is 4. The van der Waals surface area contributed by atoms with Crippen LogP contribution in [0.2, 0.25) is 0 Å². The third kappa shape index (κ3) is 3.47. The van der Waals surface area contributed by atoms with Crippen LogP contribution in [0.5, 0.6) is 5.75 Å². The fraction of sp³-hybridized carbons (Fsp3) is 0.409. The van der Waals surface area contributed by atoms with E-state index in [2.05, 4.69) is 5.10 Å². The molecule has 1 aliphatic rings. The number of morpholine rings is 1. The van der Waals surface area contributed by atoms with Gasteiger partial charge in [-0.25, -0.2) is 4.68 Å². The van der Waals surface area contributed by atoms with E-state index in [0.717, 1.165) is 34.1 Å². The van der Waals surface area contributed by atoms with Crippen LogP contribution in [0.15, 0.2) is 30.3 Å². The van der Waals surface area contributed by atoms with E-state index >= 15 is 0 Å². The van der Waals surface area contributed by atoms with Gasteiger partial charge in [0.05, 0.1) is 43.4 Å². The van der Waals surface area contributed by atoms with Gasteiger partial charge in [-0.15, -0.1) is 0 Å². The molecule has 2 aromatic heterocycles. The summed E-state index contributed by atoms with van der Waals surface area (Å²) in [4.78, 5) is 15.2. The smallest absolute Gasteiger partial charge is 0.272 e. The number of methoxy groups -OCH3 is 1. The summed E-state index contributed by atoms with van der Waals surface area (Å²) in [5, 5.41) is 9.10. The minimum absolute atomic E-state index is 0.0423. The van der Waals surface area contributed by atoms with Crippen molar-refractivity contribution in [1.29, 1.82) is 0 Å². The summed E-state index contributed by atoms with van der Waals surface area (Å²) >= 11 is 0. The molecule has 0 spiro atoms. The van der Waals surface area contributed by atoms with Crippen LogP contribution in [0.3, 0.4) is 0 Å². The number of carbonyl (C=O) groups excluding carboxylic acids is 1. The highest BCUT2D eigenvalue weighted by Gasteiger charge is 2.34. The molecular formula is C22H27N5O3. The number of hydrogen-bond acceptors (Lipinski definition) is 5. The Kier molecular flexibility index (Phi) is 5.34. The Morgan fingerprint density at radius 3 is 2.70 bits per heavy atom. The fourth-order valence-corrected chi connectivity index (χ4v) is 4.17. The number of aryl methyl sites for hydroxylation is 3. The zero-order chi connectivity index (χ0) is 21.4. The maximum Gasteiger partial charge on any atom is 0.272 e. The molecule has 0 N–H and O–H groups in total. The molecule has 0 bridgehead atoms. The molecule has 1 atom stereocenters. The lowest BCUT2D eigenvalue weighted by atomic mass is 10.0. The summed E-state index contributed by atoms with van der Waals surface area (Å²) in [6.07, 6.45) is 0. The zero-order valence-electron chi connectivity index (χ0n) is 18.0. The number of nitrogens with zero attached hydrogens (tertiary/aromatic N) is 5. The molecule has 1 aromatic carbocycles. The van der Waals surface area contributed by atoms with Gasteiger partial charge in [0.1, 0.15) is 11.4 Å². The second-order valence-electron chi connectivity index (χ2n) is 7.58. The van der Waals surface area contributed by atoms with Crippen LogP contribution in [0.25, 0.3) is 5.69 Å². The second-order valence-corrected chi connectivity index (χ2v) is 7.58. The van der Waals surface area contributed by atoms with Crippen molar-refractivity contribution in [2.75, 3.05) is 26.9 Å². The molecule has 1 amide bonds. The van der Waals surface area contributed by atoms with Crippen molar-refractivity contribution in [2.45, 2.75) is 26.8 Å². The molecule has 0 aliphatic carbocycles. The van der Waals surface area contributed by atoms with E-state index in [1.165, 1.54) is 0 Å². The number of carbonyl (C=O) groups is 1. The minimum atomic E-state index is -0.208. The van der Waals surface area contributed by atoms with E-state index < -0.39 is 0 Å². The highest BCUT2D eigenvalue weighted by Crippen LogP contribution is 2.32. The van der Waals surface area contributed by atoms with Crippen LogP contribution in [0.1, 0.15) is 39.2 Å². The highest BCUT2D eigenvalue weighted by atomic mass is 16.5. The van der Waals surface area contributed by atoms with Crippen molar-refractivity contribution in [3.63, 3.8) is 0 Å². The minimum Gasteiger partial charge on any atom is -0.497 e. The van der Waals surface area contributed by atoms with Gasteiger partial charge in [-0.2, -0.15) is 10.2 Å². The van der Waals surface area contributed by atoms with Crippen molar-refractivity contribution in [2.24, 2.45) is 7.05 Å². The molecule has 3 aromatic rings. The van der Waals surface area contributed by atoms with Crippen molar-refractivity contribution < 1.29 is 14.3 Å². The number of benzene rings is 1. The van der Waals surface area contributed by atoms with Crippen LogP contribution in [0.4, 0.5) is 0 Å². The molecule has 4 rings (SSSR count). The van der Waals surface area contributed by atoms with Gasteiger partial charge in [0.2, 0.25) is 0 Å². The Bertz CT molecular complexity index is 1080. The van der Waals surface area contributed by atoms with E-state index in [9.17, 15) is 4.79 Å². The third-order valence-electron chi connectivity index (χ3n) is 5.59. The second kappa shape index (κ2) is 7.95. The van der Waals surface area contributed by atoms with Gasteiger partial charge in [0, 0.05) is 30.9 Å². The lowest BCUT2D eigenvalue weighted by Gasteiger charge is -2.36. The Balaban J connectivity index is 1.73. The Labute approximate surface area is 176 Å². The summed E-state index contributed by atoms with van der Waals surface area (Å²) in [5.74, 6) is 0.727. The molecule has 158 valence electrons. The van der Waals surface area contributed by atoms with Gasteiger partial charge in [-0.1, -0.05) is 6.07 Å². The lowest BCUT2D eigenvalue weighted by molar-refractivity contribution is -0.00360. The SMILES string of the molecule is COc1cccc(-n2nc(C)c([C@@H]3COCCN3C(=O)c3cc(C)nn3C)c2C)c1. The fourth-order valence-electron chi connectivity index (χ4n) is 4.17. The van der Waals surface area contributed by atoms with Crippen molar-refractivity contribution in [3.05, 3.63) is 58.7 Å². The topological polar surface area (TPSA) is 74.4 Å². The number of ether oxygens (including phenoxy) is 2. The summed E-state index contributed by atoms with van der Waals surface area (Å²) in [6.45, 7) is 7.37. The molecule has 1 aliphatic heterocycles. The first kappa shape index (κ1) is 20.2. The van der Waals surface area contributed by atoms with Crippen molar-refractivity contribution in [3.8, 4) is 11.4 Å². The van der Waals surface area contributed by atoms with Gasteiger partial charge in [-0.05, 0) is 39.0 Å². The van der Waals surface area contributed by atoms with E-state index in [4.69, 9.17) is 14.6 Å². The first-order chi connectivity index (χ1) is 14.4. The predicted octanol–water partition coefficient (Wildman–Crippen LogP) is 2.75. The summed E-state index contributed by atoms with van der Waals surface area (Å²) in [5.41, 5.74) is 5.20. The van der Waals surface area contributed by atoms with Crippen LogP contribution >= 0.6 is 0 Å². The van der Waals surface area contributed by atoms with Crippen molar-refractivity contribution in [1.82, 2.24) is 24.5 Å². The maximum absolute atomic E-state index is 13.4. The molecular weight excluding hydrogens is 382 g/mol. The van der Waals surface area contributed by atoms with E-state index in [1.54, 1.807) is 18.8 Å². The van der Waals surface area contributed by atoms with Crippen LogP contribution in [-0.4, -0.2) is 57.2 Å². The van der Waals surface area contributed by atoms with Crippen LogP contribution in [-0.2, 0) is 11.8 Å². The molecule has 30 heavy (non-hydrogen) atoms. The molecule has 3 heterocycles. The average Bonchev–Trinajstić information content (AvgIpc) is 3.24. The Morgan fingerprint density at radius 1 is 1.20 bits per heavy atom. The number of rotatable bonds is 4. The van der Waals surface area contributed by atoms with Gasteiger partial charge < -0.3 is 14.4 Å².